The van der Waals surface area contributed by atoms with Crippen molar-refractivity contribution >= 4 is 45.2 Å². The summed E-state index contributed by atoms with van der Waals surface area (Å²) < 4.78 is 30.6. The minimum atomic E-state index is -4.10. The molecule has 0 aromatic heterocycles. The number of benzene rings is 3. The molecule has 9 nitrogen and oxygen atoms in total. The van der Waals surface area contributed by atoms with Crippen molar-refractivity contribution in [1.29, 1.82) is 0 Å². The molecule has 1 heterocycles. The van der Waals surface area contributed by atoms with E-state index in [0.29, 0.717) is 11.8 Å². The molecule has 1 aliphatic heterocycles. The summed E-state index contributed by atoms with van der Waals surface area (Å²) >= 11 is 6.33. The molecule has 3 amide bonds. The third-order valence-electron chi connectivity index (χ3n) is 9.20. The van der Waals surface area contributed by atoms with E-state index in [1.807, 2.05) is 19.1 Å². The summed E-state index contributed by atoms with van der Waals surface area (Å²) in [7, 11) is -4.10. The number of ketones is 1. The number of hydrogen-bond acceptors (Lipinski definition) is 7. The zero-order valence-corrected chi connectivity index (χ0v) is 25.1. The Morgan fingerprint density at radius 1 is 0.886 bits per heavy atom. The lowest BCUT2D eigenvalue weighted by atomic mass is 9.63. The number of amides is 3. The van der Waals surface area contributed by atoms with Crippen molar-refractivity contribution in [2.45, 2.75) is 18.2 Å². The van der Waals surface area contributed by atoms with Crippen molar-refractivity contribution in [2.24, 2.45) is 35.5 Å². The highest BCUT2D eigenvalue weighted by Crippen LogP contribution is 2.65. The van der Waals surface area contributed by atoms with Crippen molar-refractivity contribution < 1.29 is 31.8 Å². The molecule has 0 unspecified atom stereocenters. The Balaban J connectivity index is 1.15. The number of carbonyl (C=O) groups excluding carboxylic acids is 4. The molecule has 0 radical (unpaired) electrons. The number of nitrogens with zero attached hydrogens (tertiary/aromatic N) is 2. The standard InChI is InChI=1S/C33H27ClN2O7S/c1-18-6-12-21(13-7-18)44(41,42)43-20-10-8-19(9-11-20)28(37)17-35(31(38)24-4-2-3-5-27(24)34)36-32(39)29-22-14-15-23(26-16-25(22)26)30(29)33(36)40/h2-15,22-23,25-26,29-30H,16-17H2,1H3/t22-,23-,25-,26+,29+,30+/m0/s1. The van der Waals surface area contributed by atoms with Crippen molar-refractivity contribution in [1.82, 2.24) is 10.0 Å². The molecule has 0 spiro atoms. The van der Waals surface area contributed by atoms with Crippen molar-refractivity contribution in [3.05, 3.63) is 107 Å². The molecule has 3 fully saturated rings. The quantitative estimate of drug-likeness (QED) is 0.153. The van der Waals surface area contributed by atoms with Crippen LogP contribution in [0.5, 0.6) is 5.75 Å². The molecule has 6 atom stereocenters. The Morgan fingerprint density at radius 3 is 2.07 bits per heavy atom. The molecule has 3 aromatic carbocycles. The Morgan fingerprint density at radius 2 is 1.48 bits per heavy atom. The van der Waals surface area contributed by atoms with Gasteiger partial charge in [-0.05, 0) is 85.5 Å². The Kier molecular flexibility index (Phi) is 6.75. The number of imide groups is 1. The Hall–Kier alpha value is -4.28. The number of carbonyl (C=O) groups is 4. The van der Waals surface area contributed by atoms with Crippen LogP contribution in [0.2, 0.25) is 5.02 Å². The first-order valence-corrected chi connectivity index (χ1v) is 16.1. The van der Waals surface area contributed by atoms with Gasteiger partial charge in [-0.25, -0.2) is 5.01 Å². The normalized spacial score (nSPS) is 26.3. The van der Waals surface area contributed by atoms with Crippen LogP contribution in [0.25, 0.3) is 0 Å². The summed E-state index contributed by atoms with van der Waals surface area (Å²) in [5, 5.41) is 1.89. The molecule has 8 rings (SSSR count). The van der Waals surface area contributed by atoms with Crippen LogP contribution in [-0.2, 0) is 19.7 Å². The lowest BCUT2D eigenvalue weighted by Gasteiger charge is -2.37. The number of allylic oxidation sites excluding steroid dienone is 2. The van der Waals surface area contributed by atoms with Crippen molar-refractivity contribution in [3.8, 4) is 5.75 Å². The predicted molar refractivity (Wildman–Crippen MR) is 159 cm³/mol. The van der Waals surface area contributed by atoms with Gasteiger partial charge in [0, 0.05) is 5.56 Å². The first kappa shape index (κ1) is 28.5. The van der Waals surface area contributed by atoms with E-state index in [1.54, 1.807) is 24.3 Å². The van der Waals surface area contributed by atoms with E-state index in [9.17, 15) is 27.6 Å². The second kappa shape index (κ2) is 10.4. The maximum absolute atomic E-state index is 13.9. The smallest absolute Gasteiger partial charge is 0.339 e. The zero-order valence-electron chi connectivity index (χ0n) is 23.5. The van der Waals surface area contributed by atoms with Crippen molar-refractivity contribution in [3.63, 3.8) is 0 Å². The van der Waals surface area contributed by atoms with E-state index in [0.717, 1.165) is 22.0 Å². The summed E-state index contributed by atoms with van der Waals surface area (Å²) in [6.07, 6.45) is 5.05. The lowest BCUT2D eigenvalue weighted by Crippen LogP contribution is -2.52. The van der Waals surface area contributed by atoms with Crippen LogP contribution < -0.4 is 4.18 Å². The Labute approximate surface area is 259 Å². The number of hydrazine groups is 1. The van der Waals surface area contributed by atoms with E-state index in [-0.39, 0.29) is 38.6 Å². The van der Waals surface area contributed by atoms with E-state index in [2.05, 4.69) is 0 Å². The average molecular weight is 631 g/mol. The van der Waals surface area contributed by atoms with Crippen LogP contribution in [-0.4, -0.2) is 48.5 Å². The average Bonchev–Trinajstić information content (AvgIpc) is 3.79. The van der Waals surface area contributed by atoms with Crippen LogP contribution in [0.4, 0.5) is 0 Å². The third kappa shape index (κ3) is 4.64. The van der Waals surface area contributed by atoms with E-state index < -0.39 is 52.0 Å². The van der Waals surface area contributed by atoms with Gasteiger partial charge in [-0.15, -0.1) is 0 Å². The van der Waals surface area contributed by atoms with Gasteiger partial charge in [0.2, 0.25) is 0 Å². The molecule has 5 aliphatic rings. The highest BCUT2D eigenvalue weighted by Gasteiger charge is 2.68. The minimum Gasteiger partial charge on any atom is -0.379 e. The molecule has 1 saturated heterocycles. The molecule has 4 aliphatic carbocycles. The Bertz CT molecular complexity index is 1820. The van der Waals surface area contributed by atoms with Crippen LogP contribution >= 0.6 is 11.6 Å². The van der Waals surface area contributed by atoms with Crippen LogP contribution in [0.15, 0.2) is 89.8 Å². The molecule has 2 bridgehead atoms. The summed E-state index contributed by atoms with van der Waals surface area (Å²) in [4.78, 5) is 55.1. The fraction of sp³-hybridized carbons (Fsp3) is 0.273. The van der Waals surface area contributed by atoms with Crippen molar-refractivity contribution in [2.75, 3.05) is 6.54 Å². The third-order valence-corrected chi connectivity index (χ3v) is 10.8. The van der Waals surface area contributed by atoms with Gasteiger partial charge in [0.05, 0.1) is 22.4 Å². The topological polar surface area (TPSA) is 118 Å². The first-order chi connectivity index (χ1) is 21.0. The summed E-state index contributed by atoms with van der Waals surface area (Å²) in [6.45, 7) is 1.22. The highest BCUT2D eigenvalue weighted by molar-refractivity contribution is 7.87. The molecule has 3 aromatic rings. The minimum absolute atomic E-state index is 0.0124. The number of halogens is 1. The van der Waals surface area contributed by atoms with Gasteiger partial charge < -0.3 is 4.18 Å². The number of Topliss-reactive ketones (excluding diaryl/α,β-unsaturated/α-hetero) is 1. The summed E-state index contributed by atoms with van der Waals surface area (Å²) in [5.41, 5.74) is 1.07. The second-order valence-electron chi connectivity index (χ2n) is 11.8. The van der Waals surface area contributed by atoms with E-state index in [1.165, 1.54) is 48.5 Å². The van der Waals surface area contributed by atoms with E-state index in [4.69, 9.17) is 15.8 Å². The maximum atomic E-state index is 13.9. The molecule has 0 N–H and O–H groups in total. The van der Waals surface area contributed by atoms with Gasteiger partial charge in [-0.3, -0.25) is 19.2 Å². The maximum Gasteiger partial charge on any atom is 0.339 e. The largest absolute Gasteiger partial charge is 0.379 e. The van der Waals surface area contributed by atoms with Gasteiger partial charge in [0.1, 0.15) is 17.2 Å². The SMILES string of the molecule is Cc1ccc(S(=O)(=O)Oc2ccc(C(=O)CN(C(=O)c3ccccc3Cl)N3C(=O)[C@@H]4[C@H]5C=C[C@@H]([C@@H]6C[C@H]56)[C@H]4C3=O)cc2)cc1. The first-order valence-electron chi connectivity index (χ1n) is 14.3. The molecule has 11 heteroatoms. The molecule has 44 heavy (non-hydrogen) atoms. The number of hydrogen-bond donors (Lipinski definition) is 0. The fourth-order valence-corrected chi connectivity index (χ4v) is 8.14. The van der Waals surface area contributed by atoms with E-state index >= 15 is 0 Å². The molecular formula is C33H27ClN2O7S. The molecular weight excluding hydrogens is 604 g/mol. The number of rotatable bonds is 8. The number of aryl methyl sites for hydroxylation is 1. The fourth-order valence-electron chi connectivity index (χ4n) is 6.99. The zero-order chi connectivity index (χ0) is 30.9. The predicted octanol–water partition coefficient (Wildman–Crippen LogP) is 4.71. The summed E-state index contributed by atoms with van der Waals surface area (Å²) in [6, 6.07) is 17.8. The van der Waals surface area contributed by atoms with Crippen LogP contribution in [0.3, 0.4) is 0 Å². The lowest BCUT2D eigenvalue weighted by molar-refractivity contribution is -0.154. The van der Waals surface area contributed by atoms with Gasteiger partial charge in [0.15, 0.2) is 5.78 Å². The summed E-state index contributed by atoms with van der Waals surface area (Å²) in [5.74, 6) is -2.82. The molecule has 224 valence electrons. The monoisotopic (exact) mass is 630 g/mol. The van der Waals surface area contributed by atoms with Gasteiger partial charge in [-0.2, -0.15) is 13.4 Å². The van der Waals surface area contributed by atoms with Crippen LogP contribution in [0.1, 0.15) is 32.7 Å². The van der Waals surface area contributed by atoms with Gasteiger partial charge >= 0.3 is 10.1 Å². The highest BCUT2D eigenvalue weighted by atomic mass is 35.5. The van der Waals surface area contributed by atoms with Gasteiger partial charge in [-0.1, -0.05) is 53.6 Å². The van der Waals surface area contributed by atoms with Crippen LogP contribution in [0, 0.1) is 42.4 Å². The molecule has 2 saturated carbocycles. The van der Waals surface area contributed by atoms with Gasteiger partial charge in [0.25, 0.3) is 17.7 Å². The second-order valence-corrected chi connectivity index (χ2v) is 13.7.